The van der Waals surface area contributed by atoms with Crippen LogP contribution in [0.5, 0.6) is 0 Å². The second-order valence-corrected chi connectivity index (χ2v) is 3.37. The van der Waals surface area contributed by atoms with E-state index < -0.39 is 5.91 Å². The lowest BCUT2D eigenvalue weighted by molar-refractivity contribution is 0.1000. The molecule has 1 heterocycles. The zero-order chi connectivity index (χ0) is 10.8. The van der Waals surface area contributed by atoms with Gasteiger partial charge in [-0.3, -0.25) is 4.79 Å². The first kappa shape index (κ1) is 9.52. The molecular weight excluding hydrogens is 190 g/mol. The first-order chi connectivity index (χ1) is 7.18. The molecule has 0 saturated heterocycles. The van der Waals surface area contributed by atoms with Crippen LogP contribution < -0.4 is 5.73 Å². The van der Waals surface area contributed by atoms with E-state index in [0.29, 0.717) is 5.56 Å². The van der Waals surface area contributed by atoms with Gasteiger partial charge in [0.1, 0.15) is 5.76 Å². The van der Waals surface area contributed by atoms with Crippen LogP contribution in [0.3, 0.4) is 0 Å². The maximum atomic E-state index is 11.1. The Bertz CT molecular complexity index is 486. The third-order valence-electron chi connectivity index (χ3n) is 2.31. The quantitative estimate of drug-likeness (QED) is 0.810. The standard InChI is InChI=1S/C12H11NO2/c1-8-4-5-9(7-10(8)12(13)14)11-3-2-6-15-11/h2-7H,1H3,(H2,13,14). The number of hydrogen-bond donors (Lipinski definition) is 1. The molecule has 1 aromatic heterocycles. The van der Waals surface area contributed by atoms with Crippen LogP contribution in [-0.2, 0) is 0 Å². The average Bonchev–Trinajstić information content (AvgIpc) is 2.71. The van der Waals surface area contributed by atoms with Gasteiger partial charge in [-0.15, -0.1) is 0 Å². The van der Waals surface area contributed by atoms with Crippen molar-refractivity contribution in [3.63, 3.8) is 0 Å². The minimum absolute atomic E-state index is 0.416. The third-order valence-corrected chi connectivity index (χ3v) is 2.31. The summed E-state index contributed by atoms with van der Waals surface area (Å²) in [6.45, 7) is 1.85. The molecule has 76 valence electrons. The molecule has 2 aromatic rings. The van der Waals surface area contributed by atoms with Crippen LogP contribution in [-0.4, -0.2) is 5.91 Å². The van der Waals surface area contributed by atoms with E-state index in [2.05, 4.69) is 0 Å². The second kappa shape index (κ2) is 3.61. The summed E-state index contributed by atoms with van der Waals surface area (Å²) in [6.07, 6.45) is 1.60. The second-order valence-electron chi connectivity index (χ2n) is 3.37. The fourth-order valence-electron chi connectivity index (χ4n) is 1.48. The SMILES string of the molecule is Cc1ccc(-c2ccco2)cc1C(N)=O. The molecule has 1 amide bonds. The molecule has 0 atom stereocenters. The Morgan fingerprint density at radius 1 is 1.33 bits per heavy atom. The first-order valence-corrected chi connectivity index (χ1v) is 4.63. The number of benzene rings is 1. The van der Waals surface area contributed by atoms with Crippen molar-refractivity contribution < 1.29 is 9.21 Å². The molecule has 0 saturated carbocycles. The fraction of sp³-hybridized carbons (Fsp3) is 0.0833. The Labute approximate surface area is 87.5 Å². The van der Waals surface area contributed by atoms with E-state index in [9.17, 15) is 4.79 Å². The van der Waals surface area contributed by atoms with Crippen LogP contribution in [0.4, 0.5) is 0 Å². The number of hydrogen-bond acceptors (Lipinski definition) is 2. The molecule has 0 aliphatic heterocycles. The number of carbonyl (C=O) groups is 1. The summed E-state index contributed by atoms with van der Waals surface area (Å²) in [5, 5.41) is 0. The third kappa shape index (κ3) is 1.76. The van der Waals surface area contributed by atoms with Crippen molar-refractivity contribution in [2.45, 2.75) is 6.92 Å². The van der Waals surface area contributed by atoms with E-state index in [1.165, 1.54) is 0 Å². The molecule has 0 aliphatic carbocycles. The monoisotopic (exact) mass is 201 g/mol. The predicted molar refractivity (Wildman–Crippen MR) is 57.4 cm³/mol. The van der Waals surface area contributed by atoms with Gasteiger partial charge in [-0.1, -0.05) is 12.1 Å². The van der Waals surface area contributed by atoms with Gasteiger partial charge in [-0.25, -0.2) is 0 Å². The summed E-state index contributed by atoms with van der Waals surface area (Å²) in [6, 6.07) is 9.16. The minimum Gasteiger partial charge on any atom is -0.464 e. The number of rotatable bonds is 2. The Kier molecular flexibility index (Phi) is 2.29. The van der Waals surface area contributed by atoms with Gasteiger partial charge in [0.25, 0.3) is 0 Å². The number of carbonyl (C=O) groups excluding carboxylic acids is 1. The lowest BCUT2D eigenvalue weighted by atomic mass is 10.0. The maximum absolute atomic E-state index is 11.1. The molecule has 2 N–H and O–H groups in total. The van der Waals surface area contributed by atoms with Crippen molar-refractivity contribution in [2.75, 3.05) is 0 Å². The Morgan fingerprint density at radius 2 is 2.13 bits per heavy atom. The van der Waals surface area contributed by atoms with Gasteiger partial charge in [0.05, 0.1) is 6.26 Å². The largest absolute Gasteiger partial charge is 0.464 e. The van der Waals surface area contributed by atoms with Gasteiger partial charge in [-0.2, -0.15) is 0 Å². The summed E-state index contributed by atoms with van der Waals surface area (Å²) in [5.74, 6) is 0.318. The van der Waals surface area contributed by atoms with E-state index >= 15 is 0 Å². The Morgan fingerprint density at radius 3 is 2.73 bits per heavy atom. The highest BCUT2D eigenvalue weighted by atomic mass is 16.3. The van der Waals surface area contributed by atoms with Crippen molar-refractivity contribution in [2.24, 2.45) is 5.73 Å². The average molecular weight is 201 g/mol. The highest BCUT2D eigenvalue weighted by Gasteiger charge is 2.08. The van der Waals surface area contributed by atoms with Crippen LogP contribution in [0.1, 0.15) is 15.9 Å². The summed E-state index contributed by atoms with van der Waals surface area (Å²) < 4.78 is 5.24. The summed E-state index contributed by atoms with van der Waals surface area (Å²) >= 11 is 0. The minimum atomic E-state index is -0.416. The molecule has 0 bridgehead atoms. The van der Waals surface area contributed by atoms with Gasteiger partial charge >= 0.3 is 0 Å². The lowest BCUT2D eigenvalue weighted by Gasteiger charge is -2.03. The molecule has 3 nitrogen and oxygen atoms in total. The van der Waals surface area contributed by atoms with Crippen LogP contribution >= 0.6 is 0 Å². The predicted octanol–water partition coefficient (Wildman–Crippen LogP) is 2.35. The fourth-order valence-corrected chi connectivity index (χ4v) is 1.48. The molecule has 3 heteroatoms. The zero-order valence-corrected chi connectivity index (χ0v) is 8.36. The van der Waals surface area contributed by atoms with Crippen molar-refractivity contribution in [3.05, 3.63) is 47.7 Å². The molecule has 0 spiro atoms. The molecule has 0 unspecified atom stereocenters. The molecule has 0 radical (unpaired) electrons. The van der Waals surface area contributed by atoms with Gasteiger partial charge in [0, 0.05) is 11.1 Å². The highest BCUT2D eigenvalue weighted by molar-refractivity contribution is 5.95. The summed E-state index contributed by atoms with van der Waals surface area (Å²) in [5.41, 5.74) is 7.53. The first-order valence-electron chi connectivity index (χ1n) is 4.63. The van der Waals surface area contributed by atoms with Gasteiger partial charge < -0.3 is 10.2 Å². The van der Waals surface area contributed by atoms with E-state index in [1.54, 1.807) is 18.4 Å². The summed E-state index contributed by atoms with van der Waals surface area (Å²) in [7, 11) is 0. The van der Waals surface area contributed by atoms with Crippen LogP contribution in [0.25, 0.3) is 11.3 Å². The van der Waals surface area contributed by atoms with E-state index in [4.69, 9.17) is 10.2 Å². The molecule has 1 aromatic carbocycles. The Hall–Kier alpha value is -2.03. The highest BCUT2D eigenvalue weighted by Crippen LogP contribution is 2.22. The smallest absolute Gasteiger partial charge is 0.248 e. The molecule has 2 rings (SSSR count). The van der Waals surface area contributed by atoms with Gasteiger partial charge in [-0.05, 0) is 30.7 Å². The van der Waals surface area contributed by atoms with Crippen molar-refractivity contribution >= 4 is 5.91 Å². The van der Waals surface area contributed by atoms with Crippen molar-refractivity contribution in [1.29, 1.82) is 0 Å². The number of amides is 1. The molecule has 0 aliphatic rings. The van der Waals surface area contributed by atoms with Crippen molar-refractivity contribution in [1.82, 2.24) is 0 Å². The molecule has 15 heavy (non-hydrogen) atoms. The summed E-state index contributed by atoms with van der Waals surface area (Å²) in [4.78, 5) is 11.1. The lowest BCUT2D eigenvalue weighted by Crippen LogP contribution is -2.12. The zero-order valence-electron chi connectivity index (χ0n) is 8.36. The van der Waals surface area contributed by atoms with Crippen molar-refractivity contribution in [3.8, 4) is 11.3 Å². The normalized spacial score (nSPS) is 10.2. The van der Waals surface area contributed by atoms with Crippen LogP contribution in [0.2, 0.25) is 0 Å². The van der Waals surface area contributed by atoms with Crippen LogP contribution in [0.15, 0.2) is 41.0 Å². The Balaban J connectivity index is 2.52. The molecular formula is C12H11NO2. The van der Waals surface area contributed by atoms with Crippen LogP contribution in [0, 0.1) is 6.92 Å². The maximum Gasteiger partial charge on any atom is 0.248 e. The molecule has 0 fully saturated rings. The number of nitrogens with two attached hydrogens (primary N) is 1. The van der Waals surface area contributed by atoms with Gasteiger partial charge in [0.2, 0.25) is 5.91 Å². The number of furan rings is 1. The number of primary amides is 1. The van der Waals surface area contributed by atoms with Gasteiger partial charge in [0.15, 0.2) is 0 Å². The van der Waals surface area contributed by atoms with E-state index in [0.717, 1.165) is 16.9 Å². The van der Waals surface area contributed by atoms with E-state index in [1.807, 2.05) is 25.1 Å². The topological polar surface area (TPSA) is 56.2 Å². The number of aryl methyl sites for hydroxylation is 1. The van der Waals surface area contributed by atoms with E-state index in [-0.39, 0.29) is 0 Å².